The Kier molecular flexibility index (Phi) is 14.1. The number of fused-ring (bicyclic) bond motifs is 2. The topological polar surface area (TPSA) is 116 Å². The molecule has 10 nitrogen and oxygen atoms in total. The first-order valence-corrected chi connectivity index (χ1v) is 21.5. The van der Waals surface area contributed by atoms with Crippen LogP contribution in [0.4, 0.5) is 8.78 Å². The van der Waals surface area contributed by atoms with Crippen LogP contribution < -0.4 is 10.9 Å². The van der Waals surface area contributed by atoms with Crippen molar-refractivity contribution in [2.45, 2.75) is 87.1 Å². The average molecular weight is 871 g/mol. The summed E-state index contributed by atoms with van der Waals surface area (Å²) in [4.78, 5) is 44.6. The van der Waals surface area contributed by atoms with Crippen molar-refractivity contribution in [2.75, 3.05) is 28.2 Å². The normalized spacial score (nSPS) is 11.7. The summed E-state index contributed by atoms with van der Waals surface area (Å²) >= 11 is 0. The second kappa shape index (κ2) is 19.2. The van der Waals surface area contributed by atoms with Gasteiger partial charge >= 0.3 is 5.97 Å². The van der Waals surface area contributed by atoms with Gasteiger partial charge in [-0.2, -0.15) is 0 Å². The molecule has 0 unspecified atom stereocenters. The number of halogens is 2. The Morgan fingerprint density at radius 2 is 1.11 bits per heavy atom. The third-order valence-electron chi connectivity index (χ3n) is 11.5. The number of hydrogen-bond acceptors (Lipinski definition) is 5. The molecule has 0 aliphatic carbocycles. The molecule has 0 aliphatic rings. The van der Waals surface area contributed by atoms with Gasteiger partial charge in [-0.1, -0.05) is 12.1 Å². The number of amides is 1. The van der Waals surface area contributed by atoms with Crippen molar-refractivity contribution >= 4 is 33.7 Å². The number of rotatable bonds is 12. The summed E-state index contributed by atoms with van der Waals surface area (Å²) in [5.74, 6) is -1.72. The number of aryl methyl sites for hydroxylation is 4. The summed E-state index contributed by atoms with van der Waals surface area (Å²) < 4.78 is 32.9. The summed E-state index contributed by atoms with van der Waals surface area (Å²) in [6.07, 6.45) is 4.06. The molecular weight excluding hydrogens is 811 g/mol. The summed E-state index contributed by atoms with van der Waals surface area (Å²) in [7, 11) is 7.58. The van der Waals surface area contributed by atoms with Crippen LogP contribution in [0.25, 0.3) is 44.1 Å². The molecule has 1 amide bonds. The van der Waals surface area contributed by atoms with Crippen molar-refractivity contribution in [1.82, 2.24) is 29.2 Å². The maximum atomic E-state index is 14.5. The van der Waals surface area contributed by atoms with E-state index in [1.165, 1.54) is 12.1 Å². The maximum Gasteiger partial charge on any atom is 0.336 e. The highest BCUT2D eigenvalue weighted by atomic mass is 19.1. The molecule has 0 bridgehead atoms. The molecule has 0 fully saturated rings. The lowest BCUT2D eigenvalue weighted by Gasteiger charge is -2.15. The Balaban J connectivity index is 0.000000223. The van der Waals surface area contributed by atoms with Crippen LogP contribution in [0.15, 0.2) is 83.9 Å². The molecule has 0 atom stereocenters. The quantitative estimate of drug-likeness (QED) is 0.113. The van der Waals surface area contributed by atoms with E-state index < -0.39 is 5.97 Å². The molecule has 3 heterocycles. The molecule has 12 heteroatoms. The van der Waals surface area contributed by atoms with Gasteiger partial charge in [-0.3, -0.25) is 9.59 Å². The molecule has 0 radical (unpaired) electrons. The van der Waals surface area contributed by atoms with E-state index in [0.29, 0.717) is 35.3 Å². The molecule has 7 aromatic rings. The number of aromatic carboxylic acids is 1. The van der Waals surface area contributed by atoms with Crippen molar-refractivity contribution in [3.63, 3.8) is 0 Å². The van der Waals surface area contributed by atoms with Gasteiger partial charge < -0.3 is 34.3 Å². The molecule has 336 valence electrons. The first-order valence-electron chi connectivity index (χ1n) is 21.5. The Morgan fingerprint density at radius 1 is 0.656 bits per heavy atom. The van der Waals surface area contributed by atoms with Crippen molar-refractivity contribution in [3.05, 3.63) is 151 Å². The molecule has 7 rings (SSSR count). The molecule has 3 N–H and O–H groups in total. The minimum atomic E-state index is -0.956. The van der Waals surface area contributed by atoms with Crippen LogP contribution in [-0.4, -0.2) is 69.1 Å². The van der Waals surface area contributed by atoms with E-state index in [1.807, 2.05) is 96.1 Å². The number of carboxylic acids is 1. The lowest BCUT2D eigenvalue weighted by Crippen LogP contribution is -2.28. The molecule has 64 heavy (non-hydrogen) atoms. The molecule has 0 saturated carbocycles. The summed E-state index contributed by atoms with van der Waals surface area (Å²) in [6.45, 7) is 17.1. The fourth-order valence-corrected chi connectivity index (χ4v) is 8.51. The number of carboxylic acid groups (broad SMARTS) is 1. The van der Waals surface area contributed by atoms with E-state index in [0.717, 1.165) is 66.4 Å². The monoisotopic (exact) mass is 870 g/mol. The van der Waals surface area contributed by atoms with E-state index in [1.54, 1.807) is 24.3 Å². The van der Waals surface area contributed by atoms with Crippen LogP contribution in [0.2, 0.25) is 0 Å². The first kappa shape index (κ1) is 47.1. The van der Waals surface area contributed by atoms with Gasteiger partial charge in [0, 0.05) is 93.9 Å². The predicted molar refractivity (Wildman–Crippen MR) is 254 cm³/mol. The van der Waals surface area contributed by atoms with Crippen LogP contribution in [0.3, 0.4) is 0 Å². The minimum absolute atomic E-state index is 0.124. The molecule has 0 saturated heterocycles. The highest BCUT2D eigenvalue weighted by Gasteiger charge is 2.21. The number of carbonyl (C=O) groups is 2. The molecular formula is C52H60F2N6O4. The minimum Gasteiger partial charge on any atom is -0.478 e. The smallest absolute Gasteiger partial charge is 0.336 e. The number of aromatic amines is 1. The second-order valence-corrected chi connectivity index (χ2v) is 18.0. The number of pyridine rings is 1. The van der Waals surface area contributed by atoms with E-state index >= 15 is 0 Å². The third kappa shape index (κ3) is 10.0. The highest BCUT2D eigenvalue weighted by molar-refractivity contribution is 6.10. The van der Waals surface area contributed by atoms with Crippen molar-refractivity contribution < 1.29 is 23.5 Å². The third-order valence-corrected chi connectivity index (χ3v) is 11.5. The zero-order valence-electron chi connectivity index (χ0n) is 39.0. The van der Waals surface area contributed by atoms with Crippen LogP contribution >= 0.6 is 0 Å². The Hall–Kier alpha value is -6.37. The van der Waals surface area contributed by atoms with Gasteiger partial charge in [-0.05, 0) is 177 Å². The van der Waals surface area contributed by atoms with Gasteiger partial charge in [0.1, 0.15) is 11.6 Å². The SMILES string of the molecule is Cc1cc(C)c(CNC(=O)c2cc(-c3ccc(F)c(CN(C)C)c3)cc3c2c(C)cn3C(C)C)c(=O)[nH]1.Cc1cn(C(C)C)c2cc(-c3ccc(F)c(CN(C)C)c3)cc(C(=O)O)c12. The number of carbonyl (C=O) groups excluding carboxylic acids is 1. The van der Waals surface area contributed by atoms with Crippen LogP contribution in [0, 0.1) is 39.3 Å². The van der Waals surface area contributed by atoms with E-state index in [4.69, 9.17) is 0 Å². The average Bonchev–Trinajstić information content (AvgIpc) is 3.74. The zero-order valence-corrected chi connectivity index (χ0v) is 39.0. The molecule has 4 aromatic carbocycles. The Bertz CT molecular complexity index is 2950. The first-order chi connectivity index (χ1) is 30.1. The van der Waals surface area contributed by atoms with Gasteiger partial charge in [0.25, 0.3) is 11.5 Å². The zero-order chi connectivity index (χ0) is 46.9. The summed E-state index contributed by atoms with van der Waals surface area (Å²) in [5.41, 5.74) is 11.0. The fraction of sp³-hybridized carbons (Fsp3) is 0.327. The second-order valence-electron chi connectivity index (χ2n) is 18.0. The number of nitrogens with one attached hydrogen (secondary N) is 2. The number of benzene rings is 4. The predicted octanol–water partition coefficient (Wildman–Crippen LogP) is 10.7. The number of hydrogen-bond donors (Lipinski definition) is 3. The number of H-pyrrole nitrogens is 1. The van der Waals surface area contributed by atoms with E-state index in [-0.39, 0.29) is 47.3 Å². The van der Waals surface area contributed by atoms with Gasteiger partial charge in [0.05, 0.1) is 5.56 Å². The summed E-state index contributed by atoms with van der Waals surface area (Å²) in [6, 6.07) is 20.0. The molecule has 0 aliphatic heterocycles. The number of aromatic nitrogens is 3. The number of nitrogens with zero attached hydrogens (tertiary/aromatic N) is 4. The largest absolute Gasteiger partial charge is 0.478 e. The van der Waals surface area contributed by atoms with Gasteiger partial charge in [-0.25, -0.2) is 13.6 Å². The van der Waals surface area contributed by atoms with E-state index in [2.05, 4.69) is 59.4 Å². The van der Waals surface area contributed by atoms with Gasteiger partial charge in [0.15, 0.2) is 0 Å². The Morgan fingerprint density at radius 3 is 1.53 bits per heavy atom. The lowest BCUT2D eigenvalue weighted by atomic mass is 9.96. The van der Waals surface area contributed by atoms with Crippen molar-refractivity contribution in [2.24, 2.45) is 0 Å². The lowest BCUT2D eigenvalue weighted by molar-refractivity contribution is 0.0698. The van der Waals surface area contributed by atoms with Crippen LogP contribution in [0.1, 0.15) is 99.6 Å². The molecule has 0 spiro atoms. The van der Waals surface area contributed by atoms with E-state index in [9.17, 15) is 28.3 Å². The van der Waals surface area contributed by atoms with Crippen molar-refractivity contribution in [1.29, 1.82) is 0 Å². The van der Waals surface area contributed by atoms with Crippen LogP contribution in [0.5, 0.6) is 0 Å². The Labute approximate surface area is 374 Å². The van der Waals surface area contributed by atoms with Gasteiger partial charge in [0.2, 0.25) is 0 Å². The fourth-order valence-electron chi connectivity index (χ4n) is 8.51. The maximum absolute atomic E-state index is 14.5. The standard InChI is InChI=1S/C30H35FN4O2.C22H25FN2O2/c1-17(2)35-15-19(4)28-24(29(36)32-14-25-18(3)10-20(5)33-30(25)37)12-22(13-27(28)35)21-8-9-26(31)23(11-21)16-34(6)7;1-13(2)25-11-14(3)21-18(22(26)27)9-16(10-20(21)25)15-6-7-19(23)17(8-15)12-24(4)5/h8-13,15,17H,14,16H2,1-7H3,(H,32,36)(H,33,37);6-11,13H,12H2,1-5H3,(H,26,27). The van der Waals surface area contributed by atoms with Crippen LogP contribution in [-0.2, 0) is 19.6 Å². The summed E-state index contributed by atoms with van der Waals surface area (Å²) in [5, 5.41) is 14.4. The molecule has 3 aromatic heterocycles. The highest BCUT2D eigenvalue weighted by Crippen LogP contribution is 2.35. The van der Waals surface area contributed by atoms with Crippen molar-refractivity contribution in [3.8, 4) is 22.3 Å². The van der Waals surface area contributed by atoms with Gasteiger partial charge in [-0.15, -0.1) is 0 Å².